The lowest BCUT2D eigenvalue weighted by Gasteiger charge is -2.18. The molecule has 0 unspecified atom stereocenters. The Bertz CT molecular complexity index is 375. The van der Waals surface area contributed by atoms with Gasteiger partial charge < -0.3 is 0 Å². The fourth-order valence-electron chi connectivity index (χ4n) is 1.78. The molecule has 0 aromatic heterocycles. The van der Waals surface area contributed by atoms with E-state index in [2.05, 4.69) is 18.1 Å². The summed E-state index contributed by atoms with van der Waals surface area (Å²) < 4.78 is 0. The molecule has 0 aliphatic rings. The van der Waals surface area contributed by atoms with Gasteiger partial charge in [-0.1, -0.05) is 50.3 Å². The zero-order chi connectivity index (χ0) is 14.5. The van der Waals surface area contributed by atoms with E-state index >= 15 is 0 Å². The molecule has 0 N–H and O–H groups in total. The van der Waals surface area contributed by atoms with Crippen molar-refractivity contribution in [2.75, 3.05) is 19.6 Å². The average molecular weight is 259 g/mol. The van der Waals surface area contributed by atoms with E-state index in [0.29, 0.717) is 0 Å². The minimum Gasteiger partial charge on any atom is -0.298 e. The summed E-state index contributed by atoms with van der Waals surface area (Å²) in [6.07, 6.45) is 5.56. The minimum atomic E-state index is 0.782. The van der Waals surface area contributed by atoms with Crippen LogP contribution in [0.3, 0.4) is 0 Å². The summed E-state index contributed by atoms with van der Waals surface area (Å²) in [5, 5.41) is 0. The van der Waals surface area contributed by atoms with Crippen molar-refractivity contribution in [1.82, 2.24) is 4.90 Å². The SMILES string of the molecule is C=CCN(CC=C)CCc1ccccc1C=O.CC. The van der Waals surface area contributed by atoms with Gasteiger partial charge in [0, 0.05) is 25.2 Å². The largest absolute Gasteiger partial charge is 0.298 e. The van der Waals surface area contributed by atoms with Gasteiger partial charge in [0.05, 0.1) is 0 Å². The smallest absolute Gasteiger partial charge is 0.150 e. The molecule has 0 aliphatic heterocycles. The third-order valence-corrected chi connectivity index (χ3v) is 2.65. The Kier molecular flexibility index (Phi) is 10.4. The van der Waals surface area contributed by atoms with Crippen molar-refractivity contribution < 1.29 is 4.79 Å². The van der Waals surface area contributed by atoms with E-state index in [1.54, 1.807) is 0 Å². The van der Waals surface area contributed by atoms with Gasteiger partial charge in [-0.3, -0.25) is 9.69 Å². The first kappa shape index (κ1) is 17.3. The van der Waals surface area contributed by atoms with Gasteiger partial charge in [0.15, 0.2) is 0 Å². The van der Waals surface area contributed by atoms with Crippen molar-refractivity contribution in [3.05, 3.63) is 60.7 Å². The molecule has 0 aliphatic carbocycles. The van der Waals surface area contributed by atoms with E-state index in [4.69, 9.17) is 0 Å². The average Bonchev–Trinajstić information content (AvgIpc) is 2.47. The molecule has 0 atom stereocenters. The van der Waals surface area contributed by atoms with Gasteiger partial charge in [-0.2, -0.15) is 0 Å². The number of nitrogens with zero attached hydrogens (tertiary/aromatic N) is 1. The molecule has 2 nitrogen and oxygen atoms in total. The summed E-state index contributed by atoms with van der Waals surface area (Å²) >= 11 is 0. The first-order valence-electron chi connectivity index (χ1n) is 6.79. The summed E-state index contributed by atoms with van der Waals surface area (Å²) in [4.78, 5) is 13.1. The number of aldehydes is 1. The number of carbonyl (C=O) groups is 1. The lowest BCUT2D eigenvalue weighted by molar-refractivity contribution is 0.112. The van der Waals surface area contributed by atoms with Crippen LogP contribution in [0.1, 0.15) is 29.8 Å². The number of rotatable bonds is 8. The molecule has 19 heavy (non-hydrogen) atoms. The highest BCUT2D eigenvalue weighted by atomic mass is 16.1. The van der Waals surface area contributed by atoms with Crippen LogP contribution in [0.25, 0.3) is 0 Å². The lowest BCUT2D eigenvalue weighted by Crippen LogP contribution is -2.26. The van der Waals surface area contributed by atoms with Gasteiger partial charge in [-0.15, -0.1) is 13.2 Å². The first-order valence-corrected chi connectivity index (χ1v) is 6.79. The molecule has 0 saturated heterocycles. The quantitative estimate of drug-likeness (QED) is 0.523. The molecular weight excluding hydrogens is 234 g/mol. The van der Waals surface area contributed by atoms with E-state index in [-0.39, 0.29) is 0 Å². The van der Waals surface area contributed by atoms with Crippen LogP contribution in [-0.4, -0.2) is 30.8 Å². The third kappa shape index (κ3) is 6.73. The fourth-order valence-corrected chi connectivity index (χ4v) is 1.78. The van der Waals surface area contributed by atoms with Crippen molar-refractivity contribution in [3.8, 4) is 0 Å². The Balaban J connectivity index is 0.00000154. The lowest BCUT2D eigenvalue weighted by atomic mass is 10.1. The minimum absolute atomic E-state index is 0.782. The first-order chi connectivity index (χ1) is 9.31. The molecule has 0 heterocycles. The molecule has 0 bridgehead atoms. The maximum atomic E-state index is 10.9. The molecular formula is C17H25NO. The van der Waals surface area contributed by atoms with Crippen molar-refractivity contribution >= 4 is 6.29 Å². The molecule has 0 saturated carbocycles. The van der Waals surface area contributed by atoms with E-state index in [0.717, 1.165) is 43.5 Å². The Morgan fingerprint density at radius 1 is 1.11 bits per heavy atom. The third-order valence-electron chi connectivity index (χ3n) is 2.65. The second-order valence-electron chi connectivity index (χ2n) is 3.90. The Labute approximate surface area is 117 Å². The zero-order valence-electron chi connectivity index (χ0n) is 12.1. The van der Waals surface area contributed by atoms with Gasteiger partial charge in [0.2, 0.25) is 0 Å². The van der Waals surface area contributed by atoms with Crippen molar-refractivity contribution in [3.63, 3.8) is 0 Å². The highest BCUT2D eigenvalue weighted by molar-refractivity contribution is 5.77. The molecule has 104 valence electrons. The monoisotopic (exact) mass is 259 g/mol. The summed E-state index contributed by atoms with van der Waals surface area (Å²) in [7, 11) is 0. The number of carbonyl (C=O) groups excluding carboxylic acids is 1. The predicted octanol–water partition coefficient (Wildman–Crippen LogP) is 3.74. The van der Waals surface area contributed by atoms with Crippen LogP contribution < -0.4 is 0 Å². The van der Waals surface area contributed by atoms with Gasteiger partial charge in [-0.05, 0) is 12.0 Å². The van der Waals surface area contributed by atoms with E-state index < -0.39 is 0 Å². The molecule has 1 aromatic carbocycles. The highest BCUT2D eigenvalue weighted by Crippen LogP contribution is 2.08. The van der Waals surface area contributed by atoms with Crippen molar-refractivity contribution in [2.24, 2.45) is 0 Å². The summed E-state index contributed by atoms with van der Waals surface area (Å²) in [6, 6.07) is 7.71. The number of benzene rings is 1. The van der Waals surface area contributed by atoms with Gasteiger partial charge in [-0.25, -0.2) is 0 Å². The molecule has 0 spiro atoms. The summed E-state index contributed by atoms with van der Waals surface area (Å²) in [5.74, 6) is 0. The fraction of sp³-hybridized carbons (Fsp3) is 0.353. The normalized spacial score (nSPS) is 9.42. The van der Waals surface area contributed by atoms with Crippen molar-refractivity contribution in [1.29, 1.82) is 0 Å². The van der Waals surface area contributed by atoms with Gasteiger partial charge in [0.25, 0.3) is 0 Å². The van der Waals surface area contributed by atoms with Crippen LogP contribution in [0, 0.1) is 0 Å². The molecule has 1 aromatic rings. The summed E-state index contributed by atoms with van der Waals surface area (Å²) in [5.41, 5.74) is 1.88. The van der Waals surface area contributed by atoms with Crippen LogP contribution in [0.2, 0.25) is 0 Å². The van der Waals surface area contributed by atoms with Crippen LogP contribution in [0.15, 0.2) is 49.6 Å². The number of hydrogen-bond acceptors (Lipinski definition) is 2. The maximum absolute atomic E-state index is 10.9. The van der Waals surface area contributed by atoms with Crippen LogP contribution in [0.4, 0.5) is 0 Å². The standard InChI is InChI=1S/C15H19NO.C2H6/c1-3-10-16(11-4-2)12-9-14-7-5-6-8-15(14)13-17;1-2/h3-8,13H,1-2,9-12H2;1-2H3. The molecule has 2 heteroatoms. The van der Waals surface area contributed by atoms with Gasteiger partial charge >= 0.3 is 0 Å². The van der Waals surface area contributed by atoms with E-state index in [1.807, 2.05) is 50.3 Å². The van der Waals surface area contributed by atoms with Crippen molar-refractivity contribution in [2.45, 2.75) is 20.3 Å². The zero-order valence-corrected chi connectivity index (χ0v) is 12.1. The maximum Gasteiger partial charge on any atom is 0.150 e. The predicted molar refractivity (Wildman–Crippen MR) is 83.7 cm³/mol. The van der Waals surface area contributed by atoms with Crippen LogP contribution in [-0.2, 0) is 6.42 Å². The molecule has 0 amide bonds. The highest BCUT2D eigenvalue weighted by Gasteiger charge is 2.04. The van der Waals surface area contributed by atoms with E-state index in [9.17, 15) is 4.79 Å². The summed E-state index contributed by atoms with van der Waals surface area (Å²) in [6.45, 7) is 14.1. The van der Waals surface area contributed by atoms with Crippen LogP contribution >= 0.6 is 0 Å². The van der Waals surface area contributed by atoms with Crippen LogP contribution in [0.5, 0.6) is 0 Å². The Morgan fingerprint density at radius 3 is 2.21 bits per heavy atom. The van der Waals surface area contributed by atoms with Gasteiger partial charge in [0.1, 0.15) is 6.29 Å². The Morgan fingerprint density at radius 2 is 1.68 bits per heavy atom. The topological polar surface area (TPSA) is 20.3 Å². The molecule has 1 rings (SSSR count). The van der Waals surface area contributed by atoms with E-state index in [1.165, 1.54) is 0 Å². The Hall–Kier alpha value is -1.67. The second kappa shape index (κ2) is 11.4. The molecule has 0 radical (unpaired) electrons. The second-order valence-corrected chi connectivity index (χ2v) is 3.90. The molecule has 0 fully saturated rings. The number of hydrogen-bond donors (Lipinski definition) is 0.